The van der Waals surface area contributed by atoms with E-state index in [1.165, 1.54) is 6.42 Å². The Bertz CT molecular complexity index is 350. The van der Waals surface area contributed by atoms with Gasteiger partial charge in [-0.1, -0.05) is 45.4 Å². The van der Waals surface area contributed by atoms with Gasteiger partial charge in [-0.3, -0.25) is 20.2 Å². The van der Waals surface area contributed by atoms with Gasteiger partial charge in [0.25, 0.3) is 0 Å². The highest BCUT2D eigenvalue weighted by atomic mass is 16.6. The molecule has 4 unspecified atom stereocenters. The Morgan fingerprint density at radius 1 is 1.00 bits per heavy atom. The summed E-state index contributed by atoms with van der Waals surface area (Å²) in [5, 5.41) is 32.1. The molecule has 0 amide bonds. The van der Waals surface area contributed by atoms with E-state index in [0.29, 0.717) is 6.42 Å². The lowest BCUT2D eigenvalue weighted by molar-refractivity contribution is -0.591. The standard InChI is InChI=1S/C14H26N2O5/c1-2-3-4-5-6-7-8-11-12(15(18)19)9-10-13(17)14(11)16(20)21/h11-14,17H,2-10H2,1H3. The minimum Gasteiger partial charge on any atom is -0.386 e. The summed E-state index contributed by atoms with van der Waals surface area (Å²) >= 11 is 0. The Hall–Kier alpha value is -1.24. The molecule has 1 rings (SSSR count). The maximum Gasteiger partial charge on any atom is 0.247 e. The van der Waals surface area contributed by atoms with E-state index in [0.717, 1.165) is 32.1 Å². The van der Waals surface area contributed by atoms with Crippen molar-refractivity contribution < 1.29 is 15.0 Å². The van der Waals surface area contributed by atoms with Crippen LogP contribution in [-0.2, 0) is 0 Å². The van der Waals surface area contributed by atoms with Crippen molar-refractivity contribution in [3.8, 4) is 0 Å². The molecule has 0 bridgehead atoms. The van der Waals surface area contributed by atoms with Gasteiger partial charge in [-0.05, 0) is 12.8 Å². The Kier molecular flexibility index (Phi) is 7.56. The maximum absolute atomic E-state index is 11.1. The summed E-state index contributed by atoms with van der Waals surface area (Å²) in [6.07, 6.45) is 6.03. The summed E-state index contributed by atoms with van der Waals surface area (Å²) in [4.78, 5) is 21.3. The molecule has 1 aliphatic rings. The van der Waals surface area contributed by atoms with E-state index in [1.54, 1.807) is 0 Å². The normalized spacial score (nSPS) is 29.2. The van der Waals surface area contributed by atoms with Crippen LogP contribution in [0.5, 0.6) is 0 Å². The van der Waals surface area contributed by atoms with Crippen molar-refractivity contribution in [1.82, 2.24) is 0 Å². The lowest BCUT2D eigenvalue weighted by Crippen LogP contribution is -2.51. The third kappa shape index (κ3) is 5.22. The zero-order valence-electron chi connectivity index (χ0n) is 12.6. The first-order valence-corrected chi connectivity index (χ1v) is 7.94. The van der Waals surface area contributed by atoms with Crippen LogP contribution in [0.2, 0.25) is 0 Å². The summed E-state index contributed by atoms with van der Waals surface area (Å²) in [7, 11) is 0. The van der Waals surface area contributed by atoms with Gasteiger partial charge in [-0.15, -0.1) is 0 Å². The van der Waals surface area contributed by atoms with Gasteiger partial charge in [0.05, 0.1) is 5.92 Å². The van der Waals surface area contributed by atoms with Crippen LogP contribution in [0, 0.1) is 26.1 Å². The predicted octanol–water partition coefficient (Wildman–Crippen LogP) is 2.80. The Morgan fingerprint density at radius 3 is 2.19 bits per heavy atom. The van der Waals surface area contributed by atoms with Gasteiger partial charge in [-0.25, -0.2) is 0 Å². The van der Waals surface area contributed by atoms with E-state index < -0.39 is 34.0 Å². The lowest BCUT2D eigenvalue weighted by atomic mass is 9.76. The van der Waals surface area contributed by atoms with Crippen LogP contribution in [-0.4, -0.2) is 33.1 Å². The fourth-order valence-corrected chi connectivity index (χ4v) is 3.32. The molecule has 1 saturated carbocycles. The van der Waals surface area contributed by atoms with Crippen molar-refractivity contribution in [3.05, 3.63) is 20.2 Å². The second-order valence-electron chi connectivity index (χ2n) is 5.99. The third-order valence-electron chi connectivity index (χ3n) is 4.49. The molecule has 122 valence electrons. The molecule has 0 radical (unpaired) electrons. The number of hydrogen-bond acceptors (Lipinski definition) is 5. The number of aliphatic hydroxyl groups is 1. The highest BCUT2D eigenvalue weighted by Crippen LogP contribution is 2.33. The first-order valence-electron chi connectivity index (χ1n) is 7.94. The Morgan fingerprint density at radius 2 is 1.62 bits per heavy atom. The van der Waals surface area contributed by atoms with Gasteiger partial charge in [-0.2, -0.15) is 0 Å². The molecule has 4 atom stereocenters. The van der Waals surface area contributed by atoms with E-state index in [-0.39, 0.29) is 12.8 Å². The first-order chi connectivity index (χ1) is 9.99. The molecule has 0 spiro atoms. The Balaban J connectivity index is 2.56. The monoisotopic (exact) mass is 302 g/mol. The molecule has 0 saturated heterocycles. The molecule has 0 aliphatic heterocycles. The van der Waals surface area contributed by atoms with Crippen molar-refractivity contribution in [3.63, 3.8) is 0 Å². The zero-order valence-corrected chi connectivity index (χ0v) is 12.6. The average Bonchev–Trinajstić information content (AvgIpc) is 2.41. The summed E-state index contributed by atoms with van der Waals surface area (Å²) < 4.78 is 0. The zero-order chi connectivity index (χ0) is 15.8. The van der Waals surface area contributed by atoms with Gasteiger partial charge in [0.2, 0.25) is 12.1 Å². The van der Waals surface area contributed by atoms with Crippen LogP contribution < -0.4 is 0 Å². The molecule has 1 N–H and O–H groups in total. The second kappa shape index (κ2) is 8.92. The van der Waals surface area contributed by atoms with Crippen LogP contribution in [0.3, 0.4) is 0 Å². The van der Waals surface area contributed by atoms with E-state index >= 15 is 0 Å². The van der Waals surface area contributed by atoms with E-state index in [4.69, 9.17) is 0 Å². The molecular weight excluding hydrogens is 276 g/mol. The summed E-state index contributed by atoms with van der Waals surface area (Å²) in [5.41, 5.74) is 0. The van der Waals surface area contributed by atoms with Gasteiger partial charge in [0.1, 0.15) is 6.10 Å². The second-order valence-corrected chi connectivity index (χ2v) is 5.99. The minimum absolute atomic E-state index is 0.143. The summed E-state index contributed by atoms with van der Waals surface area (Å²) in [6, 6.07) is -2.08. The number of aliphatic hydroxyl groups excluding tert-OH is 1. The lowest BCUT2D eigenvalue weighted by Gasteiger charge is -2.31. The molecule has 7 nitrogen and oxygen atoms in total. The smallest absolute Gasteiger partial charge is 0.247 e. The quantitative estimate of drug-likeness (QED) is 0.400. The van der Waals surface area contributed by atoms with Crippen molar-refractivity contribution in [2.75, 3.05) is 0 Å². The largest absolute Gasteiger partial charge is 0.386 e. The van der Waals surface area contributed by atoms with Crippen molar-refractivity contribution in [2.24, 2.45) is 5.92 Å². The van der Waals surface area contributed by atoms with Crippen molar-refractivity contribution >= 4 is 0 Å². The summed E-state index contributed by atoms with van der Waals surface area (Å²) in [6.45, 7) is 2.13. The topological polar surface area (TPSA) is 107 Å². The van der Waals surface area contributed by atoms with Crippen LogP contribution in [0.15, 0.2) is 0 Å². The van der Waals surface area contributed by atoms with Crippen LogP contribution in [0.25, 0.3) is 0 Å². The molecular formula is C14H26N2O5. The predicted molar refractivity (Wildman–Crippen MR) is 78.3 cm³/mol. The fourth-order valence-electron chi connectivity index (χ4n) is 3.32. The van der Waals surface area contributed by atoms with Gasteiger partial charge < -0.3 is 5.11 Å². The molecule has 0 aromatic heterocycles. The van der Waals surface area contributed by atoms with Gasteiger partial charge in [0, 0.05) is 16.3 Å². The third-order valence-corrected chi connectivity index (χ3v) is 4.49. The minimum atomic E-state index is -1.19. The summed E-state index contributed by atoms with van der Waals surface area (Å²) in [5.74, 6) is -0.648. The highest BCUT2D eigenvalue weighted by Gasteiger charge is 2.51. The molecule has 0 aromatic carbocycles. The van der Waals surface area contributed by atoms with Crippen molar-refractivity contribution in [1.29, 1.82) is 0 Å². The first kappa shape index (κ1) is 17.8. The molecule has 0 aromatic rings. The van der Waals surface area contributed by atoms with E-state index in [1.807, 2.05) is 0 Å². The SMILES string of the molecule is CCCCCCCCC1C([N+](=O)[O-])CCC(O)C1[N+](=O)[O-]. The maximum atomic E-state index is 11.1. The van der Waals surface area contributed by atoms with Gasteiger partial charge >= 0.3 is 0 Å². The van der Waals surface area contributed by atoms with Crippen molar-refractivity contribution in [2.45, 2.75) is 82.9 Å². The molecule has 0 heterocycles. The molecule has 7 heteroatoms. The number of hydrogen-bond donors (Lipinski definition) is 1. The Labute approximate surface area is 125 Å². The molecule has 1 aliphatic carbocycles. The van der Waals surface area contributed by atoms with Gasteiger partial charge in [0.15, 0.2) is 0 Å². The average molecular weight is 302 g/mol. The molecule has 21 heavy (non-hydrogen) atoms. The number of rotatable bonds is 9. The van der Waals surface area contributed by atoms with E-state index in [2.05, 4.69) is 6.92 Å². The number of nitrogens with zero attached hydrogens (tertiary/aromatic N) is 2. The fraction of sp³-hybridized carbons (Fsp3) is 1.00. The van der Waals surface area contributed by atoms with E-state index in [9.17, 15) is 25.3 Å². The number of nitro groups is 2. The molecule has 1 fully saturated rings. The van der Waals surface area contributed by atoms with Crippen LogP contribution in [0.4, 0.5) is 0 Å². The van der Waals surface area contributed by atoms with Crippen LogP contribution >= 0.6 is 0 Å². The van der Waals surface area contributed by atoms with Crippen LogP contribution in [0.1, 0.15) is 64.7 Å². The number of unbranched alkanes of at least 4 members (excludes halogenated alkanes) is 5. The highest BCUT2D eigenvalue weighted by molar-refractivity contribution is 4.88.